The Kier molecular flexibility index (Phi) is 5.29. The lowest BCUT2D eigenvalue weighted by molar-refractivity contribution is 0.167. The number of carbonyl (C=O) groups is 1. The first-order valence-electron chi connectivity index (χ1n) is 9.89. The quantitative estimate of drug-likeness (QED) is 0.845. The van der Waals surface area contributed by atoms with Gasteiger partial charge in [0.2, 0.25) is 0 Å². The zero-order chi connectivity index (χ0) is 20.4. The van der Waals surface area contributed by atoms with Gasteiger partial charge in [-0.25, -0.2) is 9.79 Å². The summed E-state index contributed by atoms with van der Waals surface area (Å²) in [4.78, 5) is 21.3. The summed E-state index contributed by atoms with van der Waals surface area (Å²) in [5.41, 5.74) is 1.71. The normalized spacial score (nSPS) is 15.7. The van der Waals surface area contributed by atoms with Crippen LogP contribution in [0.15, 0.2) is 47.5 Å². The van der Waals surface area contributed by atoms with Crippen molar-refractivity contribution in [3.8, 4) is 17.2 Å². The largest absolute Gasteiger partial charge is 0.497 e. The molecule has 0 atom stereocenters. The average Bonchev–Trinajstić information content (AvgIpc) is 2.89. The number of nitrogens with zero attached hydrogens (tertiary/aromatic N) is 3. The molecule has 2 aromatic rings. The number of para-hydroxylation sites is 2. The highest BCUT2D eigenvalue weighted by Gasteiger charge is 2.27. The Morgan fingerprint density at radius 3 is 2.59 bits per heavy atom. The van der Waals surface area contributed by atoms with Crippen molar-refractivity contribution in [2.24, 2.45) is 4.99 Å². The third-order valence-corrected chi connectivity index (χ3v) is 5.02. The number of hydrogen-bond acceptors (Lipinski definition) is 5. The topological polar surface area (TPSA) is 66.4 Å². The molecule has 4 rings (SSSR count). The van der Waals surface area contributed by atoms with Gasteiger partial charge in [-0.2, -0.15) is 0 Å². The maximum atomic E-state index is 12.3. The molecular formula is C22H26N4O3. The van der Waals surface area contributed by atoms with E-state index in [1.165, 1.54) is 0 Å². The van der Waals surface area contributed by atoms with Gasteiger partial charge in [0.15, 0.2) is 5.75 Å². The summed E-state index contributed by atoms with van der Waals surface area (Å²) in [5, 5.41) is 2.96. The molecule has 7 nitrogen and oxygen atoms in total. The first-order valence-corrected chi connectivity index (χ1v) is 9.89. The molecule has 1 saturated heterocycles. The van der Waals surface area contributed by atoms with Crippen LogP contribution in [-0.2, 0) is 0 Å². The smallest absolute Gasteiger partial charge is 0.317 e. The average molecular weight is 394 g/mol. The Morgan fingerprint density at radius 1 is 1.10 bits per heavy atom. The molecule has 2 aliphatic heterocycles. The van der Waals surface area contributed by atoms with Crippen molar-refractivity contribution in [2.75, 3.05) is 33.3 Å². The van der Waals surface area contributed by atoms with Crippen molar-refractivity contribution in [3.05, 3.63) is 48.0 Å². The molecule has 0 aliphatic carbocycles. The van der Waals surface area contributed by atoms with Crippen LogP contribution in [0.2, 0.25) is 0 Å². The second kappa shape index (κ2) is 8.03. The predicted octanol–water partition coefficient (Wildman–Crippen LogP) is 3.61. The number of nitrogens with one attached hydrogen (secondary N) is 1. The van der Waals surface area contributed by atoms with Crippen LogP contribution in [0, 0.1) is 0 Å². The second-order valence-corrected chi connectivity index (χ2v) is 7.45. The predicted molar refractivity (Wildman–Crippen MR) is 113 cm³/mol. The summed E-state index contributed by atoms with van der Waals surface area (Å²) in [6.45, 7) is 6.64. The zero-order valence-electron chi connectivity index (χ0n) is 17.0. The Labute approximate surface area is 170 Å². The van der Waals surface area contributed by atoms with Crippen LogP contribution in [0.25, 0.3) is 0 Å². The van der Waals surface area contributed by atoms with E-state index in [2.05, 4.69) is 10.2 Å². The minimum absolute atomic E-state index is 0.0127. The SMILES string of the molecule is COc1ccc2c(c1)Oc1ccccc1N=C2N1CCN(C(=O)NC(C)C)CC1. The number of urea groups is 1. The monoisotopic (exact) mass is 394 g/mol. The molecule has 0 saturated carbocycles. The maximum Gasteiger partial charge on any atom is 0.317 e. The Bertz CT molecular complexity index is 933. The van der Waals surface area contributed by atoms with Crippen LogP contribution in [0.3, 0.4) is 0 Å². The molecule has 2 aromatic carbocycles. The van der Waals surface area contributed by atoms with E-state index in [1.54, 1.807) is 7.11 Å². The fraction of sp³-hybridized carbons (Fsp3) is 0.364. The summed E-state index contributed by atoms with van der Waals surface area (Å²) in [6, 6.07) is 13.7. The van der Waals surface area contributed by atoms with Crippen molar-refractivity contribution >= 4 is 17.6 Å². The van der Waals surface area contributed by atoms with Gasteiger partial charge in [0.25, 0.3) is 0 Å². The van der Waals surface area contributed by atoms with Gasteiger partial charge in [0.1, 0.15) is 23.0 Å². The highest BCUT2D eigenvalue weighted by Crippen LogP contribution is 2.39. The molecule has 0 radical (unpaired) electrons. The van der Waals surface area contributed by atoms with Gasteiger partial charge in [-0.1, -0.05) is 12.1 Å². The van der Waals surface area contributed by atoms with Gasteiger partial charge < -0.3 is 24.6 Å². The first kappa shape index (κ1) is 19.1. The number of piperazine rings is 1. The van der Waals surface area contributed by atoms with Crippen molar-refractivity contribution in [3.63, 3.8) is 0 Å². The molecule has 1 fully saturated rings. The van der Waals surface area contributed by atoms with E-state index in [4.69, 9.17) is 14.5 Å². The van der Waals surface area contributed by atoms with Crippen LogP contribution in [0.4, 0.5) is 10.5 Å². The van der Waals surface area contributed by atoms with Crippen LogP contribution in [0.1, 0.15) is 19.4 Å². The summed E-state index contributed by atoms with van der Waals surface area (Å²) in [5.74, 6) is 3.02. The van der Waals surface area contributed by atoms with E-state index in [1.807, 2.05) is 61.2 Å². The fourth-order valence-electron chi connectivity index (χ4n) is 3.53. The van der Waals surface area contributed by atoms with Crippen LogP contribution in [-0.4, -0.2) is 61.0 Å². The molecule has 0 aromatic heterocycles. The number of fused-ring (bicyclic) bond motifs is 2. The number of methoxy groups -OCH3 is 1. The van der Waals surface area contributed by atoms with Gasteiger partial charge in [-0.15, -0.1) is 0 Å². The lowest BCUT2D eigenvalue weighted by Crippen LogP contribution is -2.54. The van der Waals surface area contributed by atoms with E-state index in [0.717, 1.165) is 22.8 Å². The Hall–Kier alpha value is -3.22. The lowest BCUT2D eigenvalue weighted by Gasteiger charge is -2.36. The van der Waals surface area contributed by atoms with Gasteiger partial charge in [-0.3, -0.25) is 0 Å². The van der Waals surface area contributed by atoms with Gasteiger partial charge in [0.05, 0.1) is 12.7 Å². The molecule has 1 N–H and O–H groups in total. The summed E-state index contributed by atoms with van der Waals surface area (Å²) in [7, 11) is 1.64. The highest BCUT2D eigenvalue weighted by atomic mass is 16.5. The second-order valence-electron chi connectivity index (χ2n) is 7.45. The van der Waals surface area contributed by atoms with E-state index < -0.39 is 0 Å². The van der Waals surface area contributed by atoms with Crippen LogP contribution in [0.5, 0.6) is 17.2 Å². The standard InChI is InChI=1S/C22H26N4O3/c1-15(2)23-22(27)26-12-10-25(11-13-26)21-17-9-8-16(28-3)14-20(17)29-19-7-5-4-6-18(19)24-21/h4-9,14-15H,10-13H2,1-3H3,(H,23,27). The van der Waals surface area contributed by atoms with Crippen molar-refractivity contribution in [2.45, 2.75) is 19.9 Å². The number of amidine groups is 1. The highest BCUT2D eigenvalue weighted by molar-refractivity contribution is 6.04. The molecule has 0 unspecified atom stereocenters. The molecule has 2 heterocycles. The van der Waals surface area contributed by atoms with Gasteiger partial charge >= 0.3 is 6.03 Å². The summed E-state index contributed by atoms with van der Waals surface area (Å²) < 4.78 is 11.6. The number of rotatable bonds is 2. The maximum absolute atomic E-state index is 12.3. The zero-order valence-corrected chi connectivity index (χ0v) is 17.0. The molecule has 7 heteroatoms. The van der Waals surface area contributed by atoms with E-state index in [9.17, 15) is 4.79 Å². The van der Waals surface area contributed by atoms with Crippen molar-refractivity contribution in [1.82, 2.24) is 15.1 Å². The van der Waals surface area contributed by atoms with E-state index in [0.29, 0.717) is 37.7 Å². The molecule has 2 amide bonds. The van der Waals surface area contributed by atoms with E-state index >= 15 is 0 Å². The lowest BCUT2D eigenvalue weighted by atomic mass is 10.1. The van der Waals surface area contributed by atoms with Crippen molar-refractivity contribution in [1.29, 1.82) is 0 Å². The third-order valence-electron chi connectivity index (χ3n) is 5.02. The van der Waals surface area contributed by atoms with Crippen LogP contribution >= 0.6 is 0 Å². The van der Waals surface area contributed by atoms with E-state index in [-0.39, 0.29) is 12.1 Å². The summed E-state index contributed by atoms with van der Waals surface area (Å²) >= 11 is 0. The Balaban J connectivity index is 1.63. The van der Waals surface area contributed by atoms with Gasteiger partial charge in [-0.05, 0) is 38.1 Å². The summed E-state index contributed by atoms with van der Waals surface area (Å²) in [6.07, 6.45) is 0. The number of amides is 2. The molecule has 0 spiro atoms. The van der Waals surface area contributed by atoms with Gasteiger partial charge in [0, 0.05) is 38.3 Å². The molecule has 2 aliphatic rings. The number of hydrogen-bond donors (Lipinski definition) is 1. The van der Waals surface area contributed by atoms with Crippen molar-refractivity contribution < 1.29 is 14.3 Å². The fourth-order valence-corrected chi connectivity index (χ4v) is 3.53. The number of benzene rings is 2. The molecule has 0 bridgehead atoms. The number of aliphatic imine (C=N–C) groups is 1. The number of ether oxygens (including phenoxy) is 2. The molecular weight excluding hydrogens is 368 g/mol. The molecule has 152 valence electrons. The minimum atomic E-state index is -0.0127. The minimum Gasteiger partial charge on any atom is -0.497 e. The Morgan fingerprint density at radius 2 is 1.86 bits per heavy atom. The number of carbonyl (C=O) groups excluding carboxylic acids is 1. The van der Waals surface area contributed by atoms with Crippen LogP contribution < -0.4 is 14.8 Å². The first-order chi connectivity index (χ1) is 14.0. The third kappa shape index (κ3) is 3.99. The molecule has 29 heavy (non-hydrogen) atoms.